The van der Waals surface area contributed by atoms with Gasteiger partial charge in [0, 0.05) is 51.0 Å². The number of aliphatic hydroxyl groups is 1. The Hall–Kier alpha value is -2.24. The molecule has 2 aromatic rings. The number of pyridine rings is 1. The second kappa shape index (κ2) is 13.0. The number of carbonyl (C=O) groups excluding carboxylic acids is 1. The second-order valence-electron chi connectivity index (χ2n) is 9.67. The third-order valence-electron chi connectivity index (χ3n) is 7.15. The number of aromatic nitrogens is 3. The van der Waals surface area contributed by atoms with E-state index < -0.39 is 5.91 Å². The first-order valence-electron chi connectivity index (χ1n) is 12.9. The molecule has 202 valence electrons. The molecule has 2 fully saturated rings. The SMILES string of the molecule is CCC[C@H]1CN(c2nc(N)c(C(=O)NCCO)nc2Cl)CCN1C1CCN(Cc2ccc(Cl)nc2)CC1. The molecule has 0 aromatic carbocycles. The van der Waals surface area contributed by atoms with Gasteiger partial charge in [-0.3, -0.25) is 14.6 Å². The minimum absolute atomic E-state index is 0.0212. The molecule has 4 rings (SSSR count). The van der Waals surface area contributed by atoms with Crippen molar-refractivity contribution in [3.63, 3.8) is 0 Å². The van der Waals surface area contributed by atoms with Crippen molar-refractivity contribution in [1.82, 2.24) is 30.1 Å². The number of hydrogen-bond donors (Lipinski definition) is 3. The van der Waals surface area contributed by atoms with E-state index in [0.717, 1.165) is 65.0 Å². The van der Waals surface area contributed by atoms with Crippen LogP contribution in [0.5, 0.6) is 0 Å². The van der Waals surface area contributed by atoms with Gasteiger partial charge in [-0.1, -0.05) is 42.6 Å². The molecule has 2 saturated heterocycles. The normalized spacial score (nSPS) is 19.8. The summed E-state index contributed by atoms with van der Waals surface area (Å²) < 4.78 is 0. The van der Waals surface area contributed by atoms with Crippen LogP contribution in [-0.4, -0.2) is 93.7 Å². The maximum Gasteiger partial charge on any atom is 0.273 e. The van der Waals surface area contributed by atoms with Gasteiger partial charge in [-0.25, -0.2) is 15.0 Å². The monoisotopic (exact) mass is 550 g/mol. The van der Waals surface area contributed by atoms with Crippen molar-refractivity contribution in [1.29, 1.82) is 0 Å². The van der Waals surface area contributed by atoms with Gasteiger partial charge in [-0.2, -0.15) is 0 Å². The lowest BCUT2D eigenvalue weighted by Crippen LogP contribution is -2.58. The summed E-state index contributed by atoms with van der Waals surface area (Å²) in [5.41, 5.74) is 7.24. The van der Waals surface area contributed by atoms with E-state index in [2.05, 4.69) is 41.9 Å². The molecule has 4 N–H and O–H groups in total. The molecule has 2 aliphatic heterocycles. The predicted molar refractivity (Wildman–Crippen MR) is 146 cm³/mol. The van der Waals surface area contributed by atoms with E-state index in [4.69, 9.17) is 34.0 Å². The van der Waals surface area contributed by atoms with Gasteiger partial charge in [0.1, 0.15) is 5.15 Å². The van der Waals surface area contributed by atoms with Gasteiger partial charge >= 0.3 is 0 Å². The van der Waals surface area contributed by atoms with Gasteiger partial charge in [0.15, 0.2) is 22.5 Å². The van der Waals surface area contributed by atoms with E-state index in [9.17, 15) is 4.79 Å². The number of rotatable bonds is 9. The molecule has 0 radical (unpaired) electrons. The van der Waals surface area contributed by atoms with Crippen LogP contribution < -0.4 is 16.0 Å². The van der Waals surface area contributed by atoms with Gasteiger partial charge < -0.3 is 21.1 Å². The number of nitrogens with one attached hydrogen (secondary N) is 1. The summed E-state index contributed by atoms with van der Waals surface area (Å²) in [4.78, 5) is 32.5. The number of piperazine rings is 1. The molecule has 10 nitrogen and oxygen atoms in total. The first-order chi connectivity index (χ1) is 17.9. The summed E-state index contributed by atoms with van der Waals surface area (Å²) in [5.74, 6) is 0.0532. The highest BCUT2D eigenvalue weighted by molar-refractivity contribution is 6.32. The molecule has 1 atom stereocenters. The Morgan fingerprint density at radius 3 is 2.65 bits per heavy atom. The number of amides is 1. The minimum Gasteiger partial charge on any atom is -0.395 e. The van der Waals surface area contributed by atoms with Crippen LogP contribution in [0.2, 0.25) is 10.3 Å². The molecule has 12 heteroatoms. The smallest absolute Gasteiger partial charge is 0.273 e. The Morgan fingerprint density at radius 2 is 1.97 bits per heavy atom. The zero-order chi connectivity index (χ0) is 26.4. The zero-order valence-electron chi connectivity index (χ0n) is 21.2. The van der Waals surface area contributed by atoms with Gasteiger partial charge in [0.25, 0.3) is 5.91 Å². The van der Waals surface area contributed by atoms with Gasteiger partial charge in [0.05, 0.1) is 6.61 Å². The number of nitrogens with zero attached hydrogens (tertiary/aromatic N) is 6. The zero-order valence-corrected chi connectivity index (χ0v) is 22.8. The van der Waals surface area contributed by atoms with Crippen LogP contribution in [0, 0.1) is 0 Å². The summed E-state index contributed by atoms with van der Waals surface area (Å²) in [6, 6.07) is 4.82. The number of piperidine rings is 1. The summed E-state index contributed by atoms with van der Waals surface area (Å²) in [7, 11) is 0. The van der Waals surface area contributed by atoms with Crippen molar-refractivity contribution in [2.45, 2.75) is 51.2 Å². The van der Waals surface area contributed by atoms with Crippen LogP contribution in [0.15, 0.2) is 18.3 Å². The van der Waals surface area contributed by atoms with Crippen molar-refractivity contribution in [3.05, 3.63) is 39.9 Å². The molecule has 4 heterocycles. The third-order valence-corrected chi connectivity index (χ3v) is 7.62. The highest BCUT2D eigenvalue weighted by atomic mass is 35.5. The van der Waals surface area contributed by atoms with Crippen molar-refractivity contribution in [2.75, 3.05) is 56.5 Å². The van der Waals surface area contributed by atoms with E-state index in [1.807, 2.05) is 18.3 Å². The first kappa shape index (κ1) is 27.8. The standard InChI is InChI=1S/C25H36Cl2N8O2/c1-2-3-19-16-34(24-22(27)31-21(23(28)32-24)25(37)29-8-13-36)11-12-35(19)18-6-9-33(10-7-18)15-17-4-5-20(26)30-14-17/h4-5,14,18-19,36H,2-3,6-13,15-16H2,1H3,(H2,28,32)(H,29,37)/t19-/m0/s1. The van der Waals surface area contributed by atoms with Crippen LogP contribution >= 0.6 is 23.2 Å². The number of nitrogens with two attached hydrogens (primary N) is 1. The lowest BCUT2D eigenvalue weighted by atomic mass is 9.97. The lowest BCUT2D eigenvalue weighted by Gasteiger charge is -2.48. The van der Waals surface area contributed by atoms with Crippen molar-refractivity contribution in [2.24, 2.45) is 0 Å². The van der Waals surface area contributed by atoms with E-state index in [1.165, 1.54) is 5.56 Å². The number of carbonyl (C=O) groups is 1. The van der Waals surface area contributed by atoms with Gasteiger partial charge in [-0.05, 0) is 44.0 Å². The molecular formula is C25H36Cl2N8O2. The molecule has 1 amide bonds. The van der Waals surface area contributed by atoms with Crippen LogP contribution in [-0.2, 0) is 6.54 Å². The Morgan fingerprint density at radius 1 is 1.19 bits per heavy atom. The molecule has 0 unspecified atom stereocenters. The number of likely N-dealkylation sites (tertiary alicyclic amines) is 1. The average molecular weight is 552 g/mol. The van der Waals surface area contributed by atoms with Gasteiger partial charge in [-0.15, -0.1) is 0 Å². The second-order valence-corrected chi connectivity index (χ2v) is 10.4. The molecule has 2 aliphatic rings. The summed E-state index contributed by atoms with van der Waals surface area (Å²) in [6.45, 7) is 7.62. The maximum absolute atomic E-state index is 12.3. The van der Waals surface area contributed by atoms with Gasteiger partial charge in [0.2, 0.25) is 0 Å². The van der Waals surface area contributed by atoms with E-state index in [-0.39, 0.29) is 29.8 Å². The summed E-state index contributed by atoms with van der Waals surface area (Å²) in [5, 5.41) is 12.2. The van der Waals surface area contributed by atoms with E-state index >= 15 is 0 Å². The lowest BCUT2D eigenvalue weighted by molar-refractivity contribution is 0.0589. The molecule has 0 bridgehead atoms. The Balaban J connectivity index is 1.38. The van der Waals surface area contributed by atoms with Crippen LogP contribution in [0.4, 0.5) is 11.6 Å². The molecule has 0 saturated carbocycles. The van der Waals surface area contributed by atoms with Crippen molar-refractivity contribution in [3.8, 4) is 0 Å². The van der Waals surface area contributed by atoms with Crippen LogP contribution in [0.3, 0.4) is 0 Å². The highest BCUT2D eigenvalue weighted by Crippen LogP contribution is 2.30. The third kappa shape index (κ3) is 7.00. The molecule has 0 spiro atoms. The van der Waals surface area contributed by atoms with E-state index in [1.54, 1.807) is 0 Å². The highest BCUT2D eigenvalue weighted by Gasteiger charge is 2.35. The molecule has 0 aliphatic carbocycles. The molecule has 2 aromatic heterocycles. The van der Waals surface area contributed by atoms with Crippen LogP contribution in [0.1, 0.15) is 48.7 Å². The topological polar surface area (TPSA) is 124 Å². The number of halogens is 2. The molecular weight excluding hydrogens is 515 g/mol. The Kier molecular flexibility index (Phi) is 9.77. The van der Waals surface area contributed by atoms with Crippen molar-refractivity contribution >= 4 is 40.7 Å². The summed E-state index contributed by atoms with van der Waals surface area (Å²) >= 11 is 12.4. The van der Waals surface area contributed by atoms with Crippen LogP contribution in [0.25, 0.3) is 0 Å². The Labute approximate surface area is 228 Å². The average Bonchev–Trinajstić information content (AvgIpc) is 2.90. The first-order valence-corrected chi connectivity index (χ1v) is 13.7. The van der Waals surface area contributed by atoms with E-state index in [0.29, 0.717) is 23.1 Å². The fraction of sp³-hybridized carbons (Fsp3) is 0.600. The predicted octanol–water partition coefficient (Wildman–Crippen LogP) is 2.44. The Bertz CT molecular complexity index is 1050. The number of aliphatic hydroxyl groups excluding tert-OH is 1. The maximum atomic E-state index is 12.3. The fourth-order valence-corrected chi connectivity index (χ4v) is 5.70. The largest absolute Gasteiger partial charge is 0.395 e. The number of hydrogen-bond acceptors (Lipinski definition) is 9. The minimum atomic E-state index is -0.500. The number of nitrogen functional groups attached to an aromatic ring is 1. The van der Waals surface area contributed by atoms with Crippen molar-refractivity contribution < 1.29 is 9.90 Å². The summed E-state index contributed by atoms with van der Waals surface area (Å²) in [6.07, 6.45) is 6.29. The quantitative estimate of drug-likeness (QED) is 0.403. The number of anilines is 2. The molecule has 37 heavy (non-hydrogen) atoms. The fourth-order valence-electron chi connectivity index (χ4n) is 5.34.